The summed E-state index contributed by atoms with van der Waals surface area (Å²) in [5.74, 6) is -2.18. The second-order valence-electron chi connectivity index (χ2n) is 4.75. The lowest BCUT2D eigenvalue weighted by Crippen LogP contribution is -2.30. The zero-order chi connectivity index (χ0) is 17.0. The van der Waals surface area contributed by atoms with E-state index in [4.69, 9.17) is 9.84 Å². The third kappa shape index (κ3) is 4.32. The van der Waals surface area contributed by atoms with Crippen LogP contribution in [0.25, 0.3) is 0 Å². The second-order valence-corrected chi connectivity index (χ2v) is 5.67. The molecule has 1 atom stereocenters. The van der Waals surface area contributed by atoms with Gasteiger partial charge in [-0.25, -0.2) is 4.39 Å². The van der Waals surface area contributed by atoms with Gasteiger partial charge in [-0.1, -0.05) is 6.07 Å². The Morgan fingerprint density at radius 1 is 1.43 bits per heavy atom. The van der Waals surface area contributed by atoms with Crippen molar-refractivity contribution in [3.05, 3.63) is 52.0 Å². The molecular formula is C15H14BrFN2O4. The summed E-state index contributed by atoms with van der Waals surface area (Å²) in [5.41, 5.74) is 0.603. The van der Waals surface area contributed by atoms with Gasteiger partial charge < -0.3 is 20.1 Å². The van der Waals surface area contributed by atoms with Crippen molar-refractivity contribution in [3.8, 4) is 5.75 Å². The highest BCUT2D eigenvalue weighted by Gasteiger charge is 2.21. The fraction of sp³-hybridized carbons (Fsp3) is 0.200. The highest BCUT2D eigenvalue weighted by Crippen LogP contribution is 2.24. The van der Waals surface area contributed by atoms with Crippen molar-refractivity contribution in [2.24, 2.45) is 0 Å². The SMILES string of the molecule is COc1ccc([C@H](CC(=O)O)NC(=O)c2cc(Br)c[nH]2)cc1F. The Morgan fingerprint density at radius 3 is 2.70 bits per heavy atom. The van der Waals surface area contributed by atoms with Gasteiger partial charge in [0.2, 0.25) is 0 Å². The molecule has 0 fully saturated rings. The Balaban J connectivity index is 2.24. The molecular weight excluding hydrogens is 371 g/mol. The van der Waals surface area contributed by atoms with Crippen LogP contribution in [0.2, 0.25) is 0 Å². The van der Waals surface area contributed by atoms with Crippen LogP contribution >= 0.6 is 15.9 Å². The molecule has 0 spiro atoms. The van der Waals surface area contributed by atoms with Crippen LogP contribution < -0.4 is 10.1 Å². The number of aromatic amines is 1. The normalized spacial score (nSPS) is 11.8. The number of halogens is 2. The van der Waals surface area contributed by atoms with Crippen LogP contribution in [-0.4, -0.2) is 29.1 Å². The Hall–Kier alpha value is -2.35. The molecule has 23 heavy (non-hydrogen) atoms. The summed E-state index contributed by atoms with van der Waals surface area (Å²) in [7, 11) is 1.33. The third-order valence-corrected chi connectivity index (χ3v) is 3.61. The van der Waals surface area contributed by atoms with E-state index in [2.05, 4.69) is 26.2 Å². The van der Waals surface area contributed by atoms with Gasteiger partial charge in [-0.2, -0.15) is 0 Å². The molecule has 0 saturated carbocycles. The van der Waals surface area contributed by atoms with Gasteiger partial charge in [-0.15, -0.1) is 0 Å². The number of aromatic nitrogens is 1. The topological polar surface area (TPSA) is 91.4 Å². The van der Waals surface area contributed by atoms with Crippen molar-refractivity contribution in [1.29, 1.82) is 0 Å². The number of ether oxygens (including phenoxy) is 1. The lowest BCUT2D eigenvalue weighted by atomic mass is 10.0. The van der Waals surface area contributed by atoms with Crippen molar-refractivity contribution in [1.82, 2.24) is 10.3 Å². The molecule has 3 N–H and O–H groups in total. The maximum Gasteiger partial charge on any atom is 0.305 e. The first-order chi connectivity index (χ1) is 10.9. The fourth-order valence-electron chi connectivity index (χ4n) is 2.06. The quantitative estimate of drug-likeness (QED) is 0.713. The molecule has 0 saturated heterocycles. The number of H-pyrrole nitrogens is 1. The first-order valence-electron chi connectivity index (χ1n) is 6.60. The summed E-state index contributed by atoms with van der Waals surface area (Å²) in [5, 5.41) is 11.6. The number of nitrogens with one attached hydrogen (secondary N) is 2. The first-order valence-corrected chi connectivity index (χ1v) is 7.40. The standard InChI is InChI=1S/C15H14BrFN2O4/c1-23-13-3-2-8(4-10(13)17)11(6-14(20)21)19-15(22)12-5-9(16)7-18-12/h2-5,7,11,18H,6H2,1H3,(H,19,22)(H,20,21)/t11-/m0/s1. The predicted octanol–water partition coefficient (Wildman–Crippen LogP) is 2.87. The van der Waals surface area contributed by atoms with Crippen LogP contribution in [0.5, 0.6) is 5.75 Å². The average Bonchev–Trinajstić information content (AvgIpc) is 2.92. The van der Waals surface area contributed by atoms with E-state index in [0.29, 0.717) is 10.0 Å². The Kier molecular flexibility index (Phi) is 5.38. The Bertz CT molecular complexity index is 732. The summed E-state index contributed by atoms with van der Waals surface area (Å²) in [6, 6.07) is 4.73. The average molecular weight is 385 g/mol. The maximum absolute atomic E-state index is 13.8. The van der Waals surface area contributed by atoms with Crippen molar-refractivity contribution in [2.45, 2.75) is 12.5 Å². The number of carbonyl (C=O) groups excluding carboxylic acids is 1. The molecule has 0 bridgehead atoms. The number of carboxylic acids is 1. The van der Waals surface area contributed by atoms with Crippen molar-refractivity contribution in [2.75, 3.05) is 7.11 Å². The summed E-state index contributed by atoms with van der Waals surface area (Å²) >= 11 is 3.21. The maximum atomic E-state index is 13.8. The minimum atomic E-state index is -1.11. The molecule has 0 radical (unpaired) electrons. The summed E-state index contributed by atoms with van der Waals surface area (Å²) in [6.07, 6.45) is 1.20. The molecule has 0 aliphatic heterocycles. The molecule has 2 rings (SSSR count). The van der Waals surface area contributed by atoms with Crippen LogP contribution in [0.1, 0.15) is 28.5 Å². The second kappa shape index (κ2) is 7.28. The van der Waals surface area contributed by atoms with Crippen LogP contribution in [-0.2, 0) is 4.79 Å². The van der Waals surface area contributed by atoms with Gasteiger partial charge in [0.15, 0.2) is 11.6 Å². The lowest BCUT2D eigenvalue weighted by molar-refractivity contribution is -0.137. The molecule has 0 unspecified atom stereocenters. The number of hydrogen-bond donors (Lipinski definition) is 3. The smallest absolute Gasteiger partial charge is 0.305 e. The number of hydrogen-bond acceptors (Lipinski definition) is 3. The van der Waals surface area contributed by atoms with E-state index in [-0.39, 0.29) is 17.9 Å². The zero-order valence-corrected chi connectivity index (χ0v) is 13.7. The van der Waals surface area contributed by atoms with Gasteiger partial charge in [0.05, 0.1) is 19.6 Å². The Morgan fingerprint density at radius 2 is 2.17 bits per heavy atom. The van der Waals surface area contributed by atoms with E-state index in [0.717, 1.165) is 6.07 Å². The van der Waals surface area contributed by atoms with Crippen molar-refractivity contribution < 1.29 is 23.8 Å². The van der Waals surface area contributed by atoms with Crippen LogP contribution in [0.15, 0.2) is 34.9 Å². The van der Waals surface area contributed by atoms with E-state index >= 15 is 0 Å². The monoisotopic (exact) mass is 384 g/mol. The Labute approximate surface area is 139 Å². The number of benzene rings is 1. The molecule has 1 aromatic heterocycles. The third-order valence-electron chi connectivity index (χ3n) is 3.15. The molecule has 8 heteroatoms. The predicted molar refractivity (Wildman–Crippen MR) is 83.9 cm³/mol. The van der Waals surface area contributed by atoms with Crippen molar-refractivity contribution >= 4 is 27.8 Å². The summed E-state index contributed by atoms with van der Waals surface area (Å²) in [6.45, 7) is 0. The number of carbonyl (C=O) groups is 2. The lowest BCUT2D eigenvalue weighted by Gasteiger charge is -2.17. The van der Waals surface area contributed by atoms with E-state index in [1.165, 1.54) is 19.2 Å². The molecule has 1 aromatic carbocycles. The molecule has 1 heterocycles. The molecule has 0 aliphatic rings. The number of rotatable bonds is 6. The molecule has 2 aromatic rings. The summed E-state index contributed by atoms with van der Waals surface area (Å²) < 4.78 is 19.3. The highest BCUT2D eigenvalue weighted by molar-refractivity contribution is 9.10. The van der Waals surface area contributed by atoms with Gasteiger partial charge in [-0.05, 0) is 39.7 Å². The molecule has 122 valence electrons. The van der Waals surface area contributed by atoms with Crippen LogP contribution in [0.3, 0.4) is 0 Å². The van der Waals surface area contributed by atoms with Crippen LogP contribution in [0.4, 0.5) is 4.39 Å². The number of amides is 1. The van der Waals surface area contributed by atoms with Crippen molar-refractivity contribution in [3.63, 3.8) is 0 Å². The first kappa shape index (κ1) is 17.0. The van der Waals surface area contributed by atoms with Gasteiger partial charge in [0, 0.05) is 10.7 Å². The number of aliphatic carboxylic acids is 1. The van der Waals surface area contributed by atoms with Crippen LogP contribution in [0, 0.1) is 5.82 Å². The fourth-order valence-corrected chi connectivity index (χ4v) is 2.40. The molecule has 0 aliphatic carbocycles. The minimum Gasteiger partial charge on any atom is -0.494 e. The van der Waals surface area contributed by atoms with E-state index in [9.17, 15) is 14.0 Å². The molecule has 1 amide bonds. The van der Waals surface area contributed by atoms with E-state index < -0.39 is 23.7 Å². The van der Waals surface area contributed by atoms with E-state index in [1.807, 2.05) is 0 Å². The van der Waals surface area contributed by atoms with Gasteiger partial charge in [0.1, 0.15) is 5.69 Å². The zero-order valence-electron chi connectivity index (χ0n) is 12.1. The minimum absolute atomic E-state index is 0.0439. The number of carboxylic acid groups (broad SMARTS) is 1. The largest absolute Gasteiger partial charge is 0.494 e. The van der Waals surface area contributed by atoms with E-state index in [1.54, 1.807) is 12.3 Å². The van der Waals surface area contributed by atoms with Gasteiger partial charge >= 0.3 is 5.97 Å². The summed E-state index contributed by atoms with van der Waals surface area (Å²) in [4.78, 5) is 25.9. The highest BCUT2D eigenvalue weighted by atomic mass is 79.9. The van der Waals surface area contributed by atoms with Gasteiger partial charge in [-0.3, -0.25) is 9.59 Å². The molecule has 6 nitrogen and oxygen atoms in total. The van der Waals surface area contributed by atoms with Gasteiger partial charge in [0.25, 0.3) is 5.91 Å². The number of methoxy groups -OCH3 is 1.